The molecule has 230 valence electrons. The van der Waals surface area contributed by atoms with Gasteiger partial charge in [0, 0.05) is 48.2 Å². The van der Waals surface area contributed by atoms with Crippen LogP contribution >= 0.6 is 11.3 Å². The number of hydrogen-bond donors (Lipinski definition) is 0. The summed E-state index contributed by atoms with van der Waals surface area (Å²) in [6, 6.07) is 58.5. The van der Waals surface area contributed by atoms with Gasteiger partial charge in [0.05, 0.1) is 11.2 Å². The molecule has 0 aliphatic carbocycles. The van der Waals surface area contributed by atoms with Crippen molar-refractivity contribution in [1.29, 1.82) is 0 Å². The molecule has 0 atom stereocenters. The first-order chi connectivity index (χ1) is 24.3. The Bertz CT molecular complexity index is 2530. The smallest absolute Gasteiger partial charge is 0.164 e. The summed E-state index contributed by atoms with van der Waals surface area (Å²) < 4.78 is 1.22. The molecule has 0 aliphatic heterocycles. The Balaban J connectivity index is 1.32. The Kier molecular flexibility index (Phi) is 7.30. The lowest BCUT2D eigenvalue weighted by Crippen LogP contribution is -2.00. The number of rotatable bonds is 6. The van der Waals surface area contributed by atoms with Gasteiger partial charge in [-0.15, -0.1) is 11.3 Å². The molecule has 49 heavy (non-hydrogen) atoms. The number of aromatic nitrogens is 4. The van der Waals surface area contributed by atoms with Crippen LogP contribution in [0.2, 0.25) is 0 Å². The zero-order valence-electron chi connectivity index (χ0n) is 26.4. The molecule has 0 radical (unpaired) electrons. The highest BCUT2D eigenvalue weighted by Gasteiger charge is 2.23. The van der Waals surface area contributed by atoms with E-state index in [0.717, 1.165) is 55.4 Å². The summed E-state index contributed by atoms with van der Waals surface area (Å²) in [7, 11) is 0. The minimum absolute atomic E-state index is 0.627. The predicted octanol–water partition coefficient (Wildman–Crippen LogP) is 11.6. The van der Waals surface area contributed by atoms with E-state index in [4.69, 9.17) is 19.9 Å². The zero-order chi connectivity index (χ0) is 32.6. The summed E-state index contributed by atoms with van der Waals surface area (Å²) in [5.41, 5.74) is 9.28. The van der Waals surface area contributed by atoms with Gasteiger partial charge in [-0.3, -0.25) is 0 Å². The Morgan fingerprint density at radius 2 is 0.837 bits per heavy atom. The number of thiophene rings is 1. The molecule has 9 rings (SSSR count). The Labute approximate surface area is 288 Å². The molecule has 0 N–H and O–H groups in total. The largest absolute Gasteiger partial charge is 0.247 e. The van der Waals surface area contributed by atoms with E-state index in [9.17, 15) is 0 Å². The molecule has 0 aliphatic rings. The van der Waals surface area contributed by atoms with E-state index in [0.29, 0.717) is 17.5 Å². The molecule has 5 heteroatoms. The lowest BCUT2D eigenvalue weighted by molar-refractivity contribution is 1.07. The van der Waals surface area contributed by atoms with Crippen molar-refractivity contribution in [3.05, 3.63) is 170 Å². The van der Waals surface area contributed by atoms with Gasteiger partial charge in [-0.2, -0.15) is 0 Å². The third-order valence-corrected chi connectivity index (χ3v) is 9.99. The molecule has 3 aromatic heterocycles. The molecule has 0 spiro atoms. The monoisotopic (exact) mass is 644 g/mol. The van der Waals surface area contributed by atoms with Crippen molar-refractivity contribution < 1.29 is 0 Å². The van der Waals surface area contributed by atoms with Gasteiger partial charge in [0.15, 0.2) is 17.5 Å². The SMILES string of the molecule is c1ccc(-c2nc(-c3ccccc3)nc(-c3cccc(-c4c(-c5ccccc5)sc5c4c(-c4ccccc4)nc4ccccc45)c3)n2)cc1. The minimum Gasteiger partial charge on any atom is -0.247 e. The van der Waals surface area contributed by atoms with Crippen molar-refractivity contribution in [2.75, 3.05) is 0 Å². The van der Waals surface area contributed by atoms with E-state index in [-0.39, 0.29) is 0 Å². The van der Waals surface area contributed by atoms with Crippen molar-refractivity contribution >= 4 is 32.3 Å². The van der Waals surface area contributed by atoms with Crippen LogP contribution in [0, 0.1) is 0 Å². The maximum atomic E-state index is 5.31. The summed E-state index contributed by atoms with van der Waals surface area (Å²) in [4.78, 5) is 21.5. The second-order valence-corrected chi connectivity index (χ2v) is 12.9. The van der Waals surface area contributed by atoms with Gasteiger partial charge in [0.1, 0.15) is 0 Å². The van der Waals surface area contributed by atoms with Crippen LogP contribution in [0.1, 0.15) is 0 Å². The first-order valence-electron chi connectivity index (χ1n) is 16.2. The molecule has 0 fully saturated rings. The zero-order valence-corrected chi connectivity index (χ0v) is 27.2. The van der Waals surface area contributed by atoms with Crippen molar-refractivity contribution in [3.63, 3.8) is 0 Å². The van der Waals surface area contributed by atoms with E-state index in [2.05, 4.69) is 109 Å². The summed E-state index contributed by atoms with van der Waals surface area (Å²) in [5, 5.41) is 2.30. The Hall–Kier alpha value is -6.30. The van der Waals surface area contributed by atoms with Crippen molar-refractivity contribution in [2.45, 2.75) is 0 Å². The van der Waals surface area contributed by atoms with E-state index >= 15 is 0 Å². The topological polar surface area (TPSA) is 51.6 Å². The molecule has 0 amide bonds. The lowest BCUT2D eigenvalue weighted by Gasteiger charge is -2.12. The van der Waals surface area contributed by atoms with Crippen LogP contribution in [0.25, 0.3) is 88.0 Å². The average Bonchev–Trinajstić information content (AvgIpc) is 3.60. The first kappa shape index (κ1) is 28.9. The Morgan fingerprint density at radius 1 is 0.367 bits per heavy atom. The maximum Gasteiger partial charge on any atom is 0.164 e. The Morgan fingerprint density at radius 3 is 1.45 bits per heavy atom. The number of fused-ring (bicyclic) bond motifs is 3. The maximum absolute atomic E-state index is 5.31. The molecule has 6 aromatic carbocycles. The van der Waals surface area contributed by atoms with Gasteiger partial charge >= 0.3 is 0 Å². The average molecular weight is 645 g/mol. The molecule has 0 bridgehead atoms. The van der Waals surface area contributed by atoms with Crippen LogP contribution < -0.4 is 0 Å². The van der Waals surface area contributed by atoms with E-state index in [1.165, 1.54) is 15.1 Å². The highest BCUT2D eigenvalue weighted by Crippen LogP contribution is 2.50. The summed E-state index contributed by atoms with van der Waals surface area (Å²) in [6.45, 7) is 0. The fraction of sp³-hybridized carbons (Fsp3) is 0. The highest BCUT2D eigenvalue weighted by atomic mass is 32.1. The fourth-order valence-corrected chi connectivity index (χ4v) is 7.77. The second-order valence-electron chi connectivity index (χ2n) is 11.8. The quantitative estimate of drug-likeness (QED) is 0.181. The number of benzene rings is 6. The van der Waals surface area contributed by atoms with Crippen LogP contribution in [0.3, 0.4) is 0 Å². The third kappa shape index (κ3) is 5.36. The van der Waals surface area contributed by atoms with Crippen molar-refractivity contribution in [2.24, 2.45) is 0 Å². The van der Waals surface area contributed by atoms with Gasteiger partial charge in [-0.05, 0) is 23.3 Å². The van der Waals surface area contributed by atoms with E-state index < -0.39 is 0 Å². The summed E-state index contributed by atoms with van der Waals surface area (Å²) >= 11 is 1.83. The molecule has 4 nitrogen and oxygen atoms in total. The summed E-state index contributed by atoms with van der Waals surface area (Å²) in [5.74, 6) is 1.91. The van der Waals surface area contributed by atoms with Crippen LogP contribution in [-0.2, 0) is 0 Å². The van der Waals surface area contributed by atoms with Crippen molar-refractivity contribution in [3.8, 4) is 67.0 Å². The van der Waals surface area contributed by atoms with Gasteiger partial charge < -0.3 is 0 Å². The molecular formula is C44H28N4S. The van der Waals surface area contributed by atoms with Gasteiger partial charge in [-0.25, -0.2) is 19.9 Å². The first-order valence-corrected chi connectivity index (χ1v) is 17.1. The van der Waals surface area contributed by atoms with E-state index in [1.807, 2.05) is 72.0 Å². The van der Waals surface area contributed by atoms with Gasteiger partial charge in [0.25, 0.3) is 0 Å². The standard InChI is InChI=1S/C44H28N4S/c1-5-16-29(17-6-1)39-38-37(40(30-18-7-2-8-19-30)49-41(38)35-26-13-14-27-36(35)45-39)33-24-15-25-34(28-33)44-47-42(31-20-9-3-10-21-31)46-43(48-44)32-22-11-4-12-23-32/h1-28H. The summed E-state index contributed by atoms with van der Waals surface area (Å²) in [6.07, 6.45) is 0. The van der Waals surface area contributed by atoms with Gasteiger partial charge in [0.2, 0.25) is 0 Å². The number of para-hydroxylation sites is 1. The molecule has 3 heterocycles. The molecular weight excluding hydrogens is 617 g/mol. The predicted molar refractivity (Wildman–Crippen MR) is 203 cm³/mol. The minimum atomic E-state index is 0.627. The van der Waals surface area contributed by atoms with Crippen molar-refractivity contribution in [1.82, 2.24) is 19.9 Å². The van der Waals surface area contributed by atoms with Gasteiger partial charge in [-0.1, -0.05) is 158 Å². The number of hydrogen-bond acceptors (Lipinski definition) is 5. The number of pyridine rings is 1. The van der Waals surface area contributed by atoms with Crippen LogP contribution in [0.15, 0.2) is 170 Å². The second kappa shape index (κ2) is 12.4. The van der Waals surface area contributed by atoms with Crippen LogP contribution in [0.4, 0.5) is 0 Å². The molecule has 0 saturated heterocycles. The fourth-order valence-electron chi connectivity index (χ4n) is 6.41. The molecule has 0 saturated carbocycles. The third-order valence-electron chi connectivity index (χ3n) is 8.72. The normalized spacial score (nSPS) is 11.3. The lowest BCUT2D eigenvalue weighted by atomic mass is 9.94. The molecule has 0 unspecified atom stereocenters. The van der Waals surface area contributed by atoms with Crippen LogP contribution in [-0.4, -0.2) is 19.9 Å². The van der Waals surface area contributed by atoms with E-state index in [1.54, 1.807) is 0 Å². The van der Waals surface area contributed by atoms with Crippen LogP contribution in [0.5, 0.6) is 0 Å². The highest BCUT2D eigenvalue weighted by molar-refractivity contribution is 7.24. The molecule has 9 aromatic rings. The number of nitrogens with zero attached hydrogens (tertiary/aromatic N) is 4.